The first kappa shape index (κ1) is 22.7. The highest BCUT2D eigenvalue weighted by Gasteiger charge is 2.26. The van der Waals surface area contributed by atoms with E-state index in [1.165, 1.54) is 6.07 Å². The fourth-order valence-corrected chi connectivity index (χ4v) is 3.46. The molecule has 0 fully saturated rings. The van der Waals surface area contributed by atoms with Gasteiger partial charge in [-0.25, -0.2) is 4.79 Å². The smallest absolute Gasteiger partial charge is 0.339 e. The van der Waals surface area contributed by atoms with Gasteiger partial charge in [-0.15, -0.1) is 0 Å². The van der Waals surface area contributed by atoms with E-state index < -0.39 is 12.1 Å². The van der Waals surface area contributed by atoms with Gasteiger partial charge in [0.1, 0.15) is 0 Å². The Morgan fingerprint density at radius 1 is 0.676 bits per heavy atom. The number of benzene rings is 4. The van der Waals surface area contributed by atoms with Crippen LogP contribution in [-0.2, 0) is 4.74 Å². The first-order valence-electron chi connectivity index (χ1n) is 10.8. The van der Waals surface area contributed by atoms with Gasteiger partial charge in [-0.2, -0.15) is 0 Å². The van der Waals surface area contributed by atoms with Crippen LogP contribution in [0, 0.1) is 6.92 Å². The molecule has 0 aliphatic rings. The van der Waals surface area contributed by atoms with Crippen molar-refractivity contribution < 1.29 is 19.1 Å². The van der Waals surface area contributed by atoms with Gasteiger partial charge in [-0.1, -0.05) is 84.4 Å². The second-order valence-electron chi connectivity index (χ2n) is 7.83. The normalized spacial score (nSPS) is 11.3. The standard InChI is InChI=1S/C29H23NO4/c1-20-15-17-23(18-16-20)28(32)30-25-14-8-13-24(19-25)29(33)34-27(22-11-6-3-7-12-22)26(31)21-9-4-2-5-10-21/h2-19,27H,1H3,(H,30,32)/t27-/m0/s1. The Morgan fingerprint density at radius 2 is 1.29 bits per heavy atom. The Morgan fingerprint density at radius 3 is 1.97 bits per heavy atom. The van der Waals surface area contributed by atoms with Gasteiger partial charge in [0.05, 0.1) is 5.56 Å². The highest BCUT2D eigenvalue weighted by molar-refractivity contribution is 6.05. The zero-order valence-electron chi connectivity index (χ0n) is 18.6. The molecule has 0 radical (unpaired) electrons. The molecule has 168 valence electrons. The Balaban J connectivity index is 1.54. The summed E-state index contributed by atoms with van der Waals surface area (Å²) in [7, 11) is 0. The van der Waals surface area contributed by atoms with E-state index in [4.69, 9.17) is 4.74 Å². The van der Waals surface area contributed by atoms with Crippen molar-refractivity contribution in [2.75, 3.05) is 5.32 Å². The summed E-state index contributed by atoms with van der Waals surface area (Å²) in [5.41, 5.74) is 3.27. The molecule has 5 heteroatoms. The average molecular weight is 450 g/mol. The molecule has 4 rings (SSSR count). The number of ether oxygens (including phenoxy) is 1. The van der Waals surface area contributed by atoms with E-state index in [2.05, 4.69) is 5.32 Å². The summed E-state index contributed by atoms with van der Waals surface area (Å²) in [6, 6.07) is 31.3. The number of rotatable bonds is 7. The molecule has 0 saturated heterocycles. The lowest BCUT2D eigenvalue weighted by Gasteiger charge is -2.18. The number of carbonyl (C=O) groups excluding carboxylic acids is 3. The van der Waals surface area contributed by atoms with Crippen molar-refractivity contribution in [1.82, 2.24) is 0 Å². The van der Waals surface area contributed by atoms with Crippen LogP contribution in [0.4, 0.5) is 5.69 Å². The van der Waals surface area contributed by atoms with Crippen LogP contribution in [0.25, 0.3) is 0 Å². The zero-order valence-corrected chi connectivity index (χ0v) is 18.6. The number of hydrogen-bond acceptors (Lipinski definition) is 4. The van der Waals surface area contributed by atoms with Crippen LogP contribution in [0.1, 0.15) is 48.3 Å². The van der Waals surface area contributed by atoms with Crippen molar-refractivity contribution in [3.63, 3.8) is 0 Å². The Bertz CT molecular complexity index is 1300. The summed E-state index contributed by atoms with van der Waals surface area (Å²) in [5.74, 6) is -1.26. The molecule has 0 bridgehead atoms. The van der Waals surface area contributed by atoms with Crippen LogP contribution in [0.15, 0.2) is 109 Å². The van der Waals surface area contributed by atoms with E-state index in [1.807, 2.05) is 31.2 Å². The van der Waals surface area contributed by atoms with E-state index in [9.17, 15) is 14.4 Å². The number of amides is 1. The van der Waals surface area contributed by atoms with E-state index in [1.54, 1.807) is 78.9 Å². The lowest BCUT2D eigenvalue weighted by atomic mass is 9.99. The SMILES string of the molecule is Cc1ccc(C(=O)Nc2cccc(C(=O)O[C@H](C(=O)c3ccccc3)c3ccccc3)c2)cc1. The highest BCUT2D eigenvalue weighted by Crippen LogP contribution is 2.25. The first-order chi connectivity index (χ1) is 16.5. The van der Waals surface area contributed by atoms with Crippen LogP contribution >= 0.6 is 0 Å². The summed E-state index contributed by atoms with van der Waals surface area (Å²) < 4.78 is 5.70. The van der Waals surface area contributed by atoms with Crippen LogP contribution in [0.3, 0.4) is 0 Å². The molecule has 1 amide bonds. The van der Waals surface area contributed by atoms with Crippen LogP contribution < -0.4 is 5.32 Å². The number of hydrogen-bond donors (Lipinski definition) is 1. The molecule has 1 N–H and O–H groups in total. The van der Waals surface area contributed by atoms with Crippen LogP contribution in [0.5, 0.6) is 0 Å². The van der Waals surface area contributed by atoms with Gasteiger partial charge >= 0.3 is 5.97 Å². The third-order valence-electron chi connectivity index (χ3n) is 5.29. The number of nitrogens with one attached hydrogen (secondary N) is 1. The minimum absolute atomic E-state index is 0.225. The molecule has 0 aliphatic heterocycles. The number of carbonyl (C=O) groups is 3. The van der Waals surface area contributed by atoms with E-state index in [0.717, 1.165) is 5.56 Å². The average Bonchev–Trinajstić information content (AvgIpc) is 2.88. The maximum absolute atomic E-state index is 13.2. The Hall–Kier alpha value is -4.51. The van der Waals surface area contributed by atoms with E-state index in [-0.39, 0.29) is 17.3 Å². The molecule has 4 aromatic rings. The number of esters is 1. The minimum atomic E-state index is -1.10. The lowest BCUT2D eigenvalue weighted by Crippen LogP contribution is -2.20. The van der Waals surface area contributed by atoms with E-state index >= 15 is 0 Å². The molecule has 34 heavy (non-hydrogen) atoms. The largest absolute Gasteiger partial charge is 0.445 e. The van der Waals surface area contributed by atoms with Crippen molar-refractivity contribution in [2.24, 2.45) is 0 Å². The molecule has 0 saturated carbocycles. The molecule has 5 nitrogen and oxygen atoms in total. The number of aryl methyl sites for hydroxylation is 1. The topological polar surface area (TPSA) is 72.5 Å². The fraction of sp³-hybridized carbons (Fsp3) is 0.0690. The summed E-state index contributed by atoms with van der Waals surface area (Å²) in [6.07, 6.45) is -1.10. The summed E-state index contributed by atoms with van der Waals surface area (Å²) in [4.78, 5) is 38.7. The fourth-order valence-electron chi connectivity index (χ4n) is 3.46. The van der Waals surface area contributed by atoms with Crippen molar-refractivity contribution >= 4 is 23.3 Å². The quantitative estimate of drug-likeness (QED) is 0.276. The minimum Gasteiger partial charge on any atom is -0.445 e. The number of Topliss-reactive ketones (excluding diaryl/α,β-unsaturated/α-hetero) is 1. The molecule has 0 heterocycles. The lowest BCUT2D eigenvalue weighted by molar-refractivity contribution is 0.0280. The van der Waals surface area contributed by atoms with Gasteiger partial charge in [-0.3, -0.25) is 9.59 Å². The summed E-state index contributed by atoms with van der Waals surface area (Å²) in [5, 5.41) is 2.79. The van der Waals surface area contributed by atoms with Gasteiger partial charge in [0, 0.05) is 22.4 Å². The van der Waals surface area contributed by atoms with Crippen molar-refractivity contribution in [3.8, 4) is 0 Å². The predicted octanol–water partition coefficient (Wildman–Crippen LogP) is 6.03. The van der Waals surface area contributed by atoms with Gasteiger partial charge in [-0.05, 0) is 37.3 Å². The molecular weight excluding hydrogens is 426 g/mol. The van der Waals surface area contributed by atoms with Gasteiger partial charge in [0.15, 0.2) is 6.10 Å². The molecule has 0 aliphatic carbocycles. The van der Waals surface area contributed by atoms with Gasteiger partial charge < -0.3 is 10.1 Å². The van der Waals surface area contributed by atoms with Crippen molar-refractivity contribution in [1.29, 1.82) is 0 Å². The zero-order chi connectivity index (χ0) is 23.9. The van der Waals surface area contributed by atoms with Crippen LogP contribution in [0.2, 0.25) is 0 Å². The number of ketones is 1. The van der Waals surface area contributed by atoms with Crippen LogP contribution in [-0.4, -0.2) is 17.7 Å². The Labute approximate surface area is 198 Å². The first-order valence-corrected chi connectivity index (χ1v) is 10.8. The molecule has 0 aromatic heterocycles. The second kappa shape index (κ2) is 10.4. The van der Waals surface area contributed by atoms with Gasteiger partial charge in [0.25, 0.3) is 5.91 Å². The molecular formula is C29H23NO4. The van der Waals surface area contributed by atoms with E-state index in [0.29, 0.717) is 22.4 Å². The predicted molar refractivity (Wildman–Crippen MR) is 131 cm³/mol. The molecule has 0 spiro atoms. The Kier molecular flexibility index (Phi) is 6.94. The van der Waals surface area contributed by atoms with Crippen molar-refractivity contribution in [3.05, 3.63) is 137 Å². The summed E-state index contributed by atoms with van der Waals surface area (Å²) in [6.45, 7) is 1.95. The third kappa shape index (κ3) is 5.45. The maximum atomic E-state index is 13.2. The highest BCUT2D eigenvalue weighted by atomic mass is 16.5. The number of anilines is 1. The molecule has 4 aromatic carbocycles. The molecule has 0 unspecified atom stereocenters. The third-order valence-corrected chi connectivity index (χ3v) is 5.29. The maximum Gasteiger partial charge on any atom is 0.339 e. The van der Waals surface area contributed by atoms with Crippen molar-refractivity contribution in [2.45, 2.75) is 13.0 Å². The van der Waals surface area contributed by atoms with Gasteiger partial charge in [0.2, 0.25) is 5.78 Å². The second-order valence-corrected chi connectivity index (χ2v) is 7.83. The monoisotopic (exact) mass is 449 g/mol. The molecule has 1 atom stereocenters. The summed E-state index contributed by atoms with van der Waals surface area (Å²) >= 11 is 0.